The first-order valence-corrected chi connectivity index (χ1v) is 11.3. The van der Waals surface area contributed by atoms with Crippen LogP contribution in [0.4, 0.5) is 11.4 Å². The minimum absolute atomic E-state index is 0.0502. The highest BCUT2D eigenvalue weighted by Crippen LogP contribution is 2.31. The van der Waals surface area contributed by atoms with Crippen molar-refractivity contribution in [3.05, 3.63) is 46.4 Å². The van der Waals surface area contributed by atoms with E-state index in [1.54, 1.807) is 18.2 Å². The molecular weight excluding hydrogens is 444 g/mol. The fourth-order valence-corrected chi connectivity index (χ4v) is 4.53. The van der Waals surface area contributed by atoms with Crippen molar-refractivity contribution in [3.63, 3.8) is 0 Å². The molecular formula is C20H25BrN2O4S. The molecule has 0 bridgehead atoms. The van der Waals surface area contributed by atoms with Gasteiger partial charge in [-0.15, -0.1) is 0 Å². The third-order valence-corrected chi connectivity index (χ3v) is 6.52. The van der Waals surface area contributed by atoms with Crippen LogP contribution in [0.3, 0.4) is 0 Å². The summed E-state index contributed by atoms with van der Waals surface area (Å²) in [7, 11) is -2.54. The van der Waals surface area contributed by atoms with Crippen LogP contribution in [0.25, 0.3) is 0 Å². The summed E-state index contributed by atoms with van der Waals surface area (Å²) in [5.74, 6) is -0.0618. The van der Waals surface area contributed by atoms with Gasteiger partial charge < -0.3 is 10.1 Å². The summed E-state index contributed by atoms with van der Waals surface area (Å²) in [6, 6.07) is 9.94. The Morgan fingerprint density at radius 3 is 2.43 bits per heavy atom. The number of carbonyl (C=O) groups excluding carboxylic acids is 1. The number of ether oxygens (including phenoxy) is 1. The average molecular weight is 469 g/mol. The lowest BCUT2D eigenvalue weighted by Crippen LogP contribution is -2.22. The van der Waals surface area contributed by atoms with Gasteiger partial charge in [0, 0.05) is 16.1 Å². The van der Waals surface area contributed by atoms with Crippen molar-refractivity contribution < 1.29 is 17.9 Å². The standard InChI is InChI=1S/C20H25BrN2O4S/c1-5-14(6-2)20(24)22-15-8-10-18(27-4)19(12-15)28(25,26)23-17-11-13(3)7-9-16(17)21/h7-12,14,23H,5-6H2,1-4H3,(H,22,24). The van der Waals surface area contributed by atoms with Gasteiger partial charge in [-0.3, -0.25) is 9.52 Å². The molecule has 0 saturated carbocycles. The Kier molecular flexibility index (Phi) is 7.48. The molecule has 0 aliphatic heterocycles. The zero-order valence-electron chi connectivity index (χ0n) is 16.4. The quantitative estimate of drug-likeness (QED) is 0.574. The molecule has 6 nitrogen and oxygen atoms in total. The van der Waals surface area contributed by atoms with Gasteiger partial charge >= 0.3 is 0 Å². The van der Waals surface area contributed by atoms with Crippen LogP contribution >= 0.6 is 15.9 Å². The summed E-state index contributed by atoms with van der Waals surface area (Å²) < 4.78 is 34.4. The summed E-state index contributed by atoms with van der Waals surface area (Å²) in [5, 5.41) is 2.80. The van der Waals surface area contributed by atoms with Crippen molar-refractivity contribution in [1.82, 2.24) is 0 Å². The van der Waals surface area contributed by atoms with Crippen LogP contribution in [0, 0.1) is 12.8 Å². The lowest BCUT2D eigenvalue weighted by Gasteiger charge is -2.16. The average Bonchev–Trinajstić information content (AvgIpc) is 2.65. The first kappa shape index (κ1) is 22.2. The highest BCUT2D eigenvalue weighted by molar-refractivity contribution is 9.10. The van der Waals surface area contributed by atoms with Crippen LogP contribution in [-0.2, 0) is 14.8 Å². The number of methoxy groups -OCH3 is 1. The minimum Gasteiger partial charge on any atom is -0.495 e. The molecule has 0 saturated heterocycles. The Labute approximate surface area is 174 Å². The highest BCUT2D eigenvalue weighted by Gasteiger charge is 2.22. The zero-order chi connectivity index (χ0) is 20.9. The number of hydrogen-bond acceptors (Lipinski definition) is 4. The van der Waals surface area contributed by atoms with Gasteiger partial charge in [-0.25, -0.2) is 8.42 Å². The lowest BCUT2D eigenvalue weighted by atomic mass is 10.0. The van der Waals surface area contributed by atoms with Crippen molar-refractivity contribution in [2.45, 2.75) is 38.5 Å². The molecule has 8 heteroatoms. The van der Waals surface area contributed by atoms with E-state index in [1.807, 2.05) is 26.8 Å². The zero-order valence-corrected chi connectivity index (χ0v) is 18.8. The highest BCUT2D eigenvalue weighted by atomic mass is 79.9. The number of sulfonamides is 1. The van der Waals surface area contributed by atoms with Gasteiger partial charge in [0.05, 0.1) is 12.8 Å². The van der Waals surface area contributed by atoms with Gasteiger partial charge in [0.2, 0.25) is 5.91 Å². The normalized spacial score (nSPS) is 11.4. The number of carbonyl (C=O) groups is 1. The van der Waals surface area contributed by atoms with E-state index in [2.05, 4.69) is 26.0 Å². The van der Waals surface area contributed by atoms with E-state index in [1.165, 1.54) is 19.2 Å². The Bertz CT molecular complexity index is 957. The van der Waals surface area contributed by atoms with E-state index in [-0.39, 0.29) is 22.5 Å². The first-order chi connectivity index (χ1) is 13.2. The molecule has 0 unspecified atom stereocenters. The van der Waals surface area contributed by atoms with Gasteiger partial charge in [0.15, 0.2) is 0 Å². The minimum atomic E-state index is -3.94. The largest absolute Gasteiger partial charge is 0.495 e. The molecule has 0 atom stereocenters. The monoisotopic (exact) mass is 468 g/mol. The third-order valence-electron chi connectivity index (χ3n) is 4.44. The molecule has 2 rings (SSSR count). The van der Waals surface area contributed by atoms with Crippen LogP contribution in [0.15, 0.2) is 45.8 Å². The second kappa shape index (κ2) is 9.43. The van der Waals surface area contributed by atoms with Crippen LogP contribution < -0.4 is 14.8 Å². The van der Waals surface area contributed by atoms with Crippen molar-refractivity contribution in [1.29, 1.82) is 0 Å². The Morgan fingerprint density at radius 2 is 1.82 bits per heavy atom. The fourth-order valence-electron chi connectivity index (χ4n) is 2.79. The molecule has 2 aromatic carbocycles. The Hall–Kier alpha value is -2.06. The van der Waals surface area contributed by atoms with Gasteiger partial charge in [0.25, 0.3) is 10.0 Å². The predicted molar refractivity (Wildman–Crippen MR) is 115 cm³/mol. The Balaban J connectivity index is 2.39. The predicted octanol–water partition coefficient (Wildman–Crippen LogP) is 4.94. The molecule has 28 heavy (non-hydrogen) atoms. The van der Waals surface area contributed by atoms with Crippen LogP contribution in [0.1, 0.15) is 32.3 Å². The van der Waals surface area contributed by atoms with Crippen LogP contribution in [0.2, 0.25) is 0 Å². The topological polar surface area (TPSA) is 84.5 Å². The van der Waals surface area contributed by atoms with E-state index in [9.17, 15) is 13.2 Å². The number of amides is 1. The SMILES string of the molecule is CCC(CC)C(=O)Nc1ccc(OC)c(S(=O)(=O)Nc2cc(C)ccc2Br)c1. The molecule has 152 valence electrons. The summed E-state index contributed by atoms with van der Waals surface area (Å²) in [4.78, 5) is 12.3. The van der Waals surface area contributed by atoms with Crippen LogP contribution in [0.5, 0.6) is 5.75 Å². The number of hydrogen-bond donors (Lipinski definition) is 2. The molecule has 0 aliphatic carbocycles. The smallest absolute Gasteiger partial charge is 0.265 e. The van der Waals surface area contributed by atoms with Crippen molar-refractivity contribution >= 4 is 43.2 Å². The van der Waals surface area contributed by atoms with E-state index in [4.69, 9.17) is 4.74 Å². The van der Waals surface area contributed by atoms with Gasteiger partial charge in [-0.1, -0.05) is 19.9 Å². The van der Waals surface area contributed by atoms with Crippen molar-refractivity contribution in [3.8, 4) is 5.75 Å². The van der Waals surface area contributed by atoms with Crippen LogP contribution in [-0.4, -0.2) is 21.4 Å². The van der Waals surface area contributed by atoms with E-state index in [0.717, 1.165) is 5.56 Å². The molecule has 0 heterocycles. The van der Waals surface area contributed by atoms with E-state index < -0.39 is 10.0 Å². The fraction of sp³-hybridized carbons (Fsp3) is 0.350. The number of anilines is 2. The first-order valence-electron chi connectivity index (χ1n) is 8.99. The molecule has 0 aliphatic rings. The molecule has 0 radical (unpaired) electrons. The number of nitrogens with one attached hydrogen (secondary N) is 2. The number of benzene rings is 2. The number of aryl methyl sites for hydroxylation is 1. The second-order valence-electron chi connectivity index (χ2n) is 6.46. The lowest BCUT2D eigenvalue weighted by molar-refractivity contribution is -0.120. The van der Waals surface area contributed by atoms with Crippen molar-refractivity contribution in [2.75, 3.05) is 17.1 Å². The second-order valence-corrected chi connectivity index (χ2v) is 8.96. The maximum atomic E-state index is 13.0. The number of rotatable bonds is 8. The summed E-state index contributed by atoms with van der Waals surface area (Å²) in [6.45, 7) is 5.77. The molecule has 2 N–H and O–H groups in total. The number of halogens is 1. The van der Waals surface area contributed by atoms with E-state index >= 15 is 0 Å². The molecule has 2 aromatic rings. The third kappa shape index (κ3) is 5.26. The van der Waals surface area contributed by atoms with Gasteiger partial charge in [-0.05, 0) is 71.6 Å². The summed E-state index contributed by atoms with van der Waals surface area (Å²) in [6.07, 6.45) is 1.43. The Morgan fingerprint density at radius 1 is 1.14 bits per heavy atom. The summed E-state index contributed by atoms with van der Waals surface area (Å²) >= 11 is 3.35. The molecule has 1 amide bonds. The molecule has 0 spiro atoms. The molecule has 0 fully saturated rings. The molecule has 0 aromatic heterocycles. The summed E-state index contributed by atoms with van der Waals surface area (Å²) in [5.41, 5.74) is 1.74. The van der Waals surface area contributed by atoms with E-state index in [0.29, 0.717) is 28.7 Å². The van der Waals surface area contributed by atoms with Gasteiger partial charge in [-0.2, -0.15) is 0 Å². The maximum absolute atomic E-state index is 13.0. The maximum Gasteiger partial charge on any atom is 0.265 e. The van der Waals surface area contributed by atoms with Crippen molar-refractivity contribution in [2.24, 2.45) is 5.92 Å². The van der Waals surface area contributed by atoms with Gasteiger partial charge in [0.1, 0.15) is 10.6 Å².